The third kappa shape index (κ3) is 3.65. The molecule has 3 N–H and O–H groups in total. The first-order valence-electron chi connectivity index (χ1n) is 14.2. The lowest BCUT2D eigenvalue weighted by atomic mass is 9.60. The van der Waals surface area contributed by atoms with Gasteiger partial charge >= 0.3 is 5.97 Å². The number of carboxylic acid groups (broad SMARTS) is 1. The van der Waals surface area contributed by atoms with Crippen LogP contribution < -0.4 is 16.0 Å². The van der Waals surface area contributed by atoms with Gasteiger partial charge in [-0.05, 0) is 86.6 Å². The number of carbonyl (C=O) groups is 1. The molecule has 0 aromatic carbocycles. The van der Waals surface area contributed by atoms with Crippen LogP contribution in [-0.2, 0) is 4.79 Å². The minimum absolute atomic E-state index is 0.0701. The Morgan fingerprint density at radius 2 is 1.85 bits per heavy atom. The van der Waals surface area contributed by atoms with Gasteiger partial charge in [0.25, 0.3) is 0 Å². The molecule has 8 bridgehead atoms. The van der Waals surface area contributed by atoms with Gasteiger partial charge in [-0.3, -0.25) is 4.99 Å². The van der Waals surface area contributed by atoms with Crippen LogP contribution in [0.4, 0.5) is 0 Å². The Morgan fingerprint density at radius 3 is 2.55 bits per heavy atom. The molecule has 1 aromatic heterocycles. The summed E-state index contributed by atoms with van der Waals surface area (Å²) in [6.07, 6.45) is 13.2. The van der Waals surface area contributed by atoms with Gasteiger partial charge in [-0.1, -0.05) is 39.5 Å². The zero-order valence-corrected chi connectivity index (χ0v) is 24.4. The predicted molar refractivity (Wildman–Crippen MR) is 163 cm³/mol. The first kappa shape index (κ1) is 26.3. The molecule has 206 valence electrons. The molecule has 5 unspecified atom stereocenters. The number of aliphatic imine (C=N–C) groups is 2. The monoisotopic (exact) mass is 534 g/mol. The van der Waals surface area contributed by atoms with Crippen molar-refractivity contribution < 1.29 is 9.90 Å². The number of nitrogens with zero attached hydrogens (tertiary/aromatic N) is 2. The van der Waals surface area contributed by atoms with Gasteiger partial charge in [0, 0.05) is 56.2 Å². The van der Waals surface area contributed by atoms with E-state index < -0.39 is 11.4 Å². The summed E-state index contributed by atoms with van der Waals surface area (Å²) in [4.78, 5) is 26.2. The fraction of sp³-hybridized carbons (Fsp3) is 0.382. The van der Waals surface area contributed by atoms with Crippen molar-refractivity contribution in [1.82, 2.24) is 10.3 Å². The van der Waals surface area contributed by atoms with Crippen molar-refractivity contribution in [2.45, 2.75) is 60.9 Å². The molecule has 5 aliphatic rings. The second-order valence-corrected chi connectivity index (χ2v) is 12.2. The van der Waals surface area contributed by atoms with Gasteiger partial charge < -0.3 is 15.4 Å². The number of hydrogen-bond donors (Lipinski definition) is 3. The molecule has 6 rings (SSSR count). The van der Waals surface area contributed by atoms with Gasteiger partial charge in [0.15, 0.2) is 0 Å². The average Bonchev–Trinajstić information content (AvgIpc) is 3.54. The standard InChI is InChI=1S/C34H38N4O2/c1-9-22-20(6)28-14-31-24-11-10-23(33(39)40)21(7)34(24,8)32(38-31)15-29-19(5)18(4)26(36-29)12-25-16(2)17(3)27(35-25)13-30(22)37-28/h9-10,12-15,18,21,24,26,36-37H,1,11H2,2-8H3,(H,39,40)/b25-12?,28-14-,30-13-,32-15-. The minimum Gasteiger partial charge on any atom is -0.478 e. The molecule has 0 amide bonds. The Kier molecular flexibility index (Phi) is 5.95. The highest BCUT2D eigenvalue weighted by molar-refractivity contribution is 6.23. The summed E-state index contributed by atoms with van der Waals surface area (Å²) >= 11 is 0. The largest absolute Gasteiger partial charge is 0.478 e. The van der Waals surface area contributed by atoms with E-state index in [2.05, 4.69) is 82.7 Å². The second-order valence-electron chi connectivity index (χ2n) is 12.2. The van der Waals surface area contributed by atoms with Crippen LogP contribution in [0.25, 0.3) is 18.2 Å². The maximum Gasteiger partial charge on any atom is 0.331 e. The maximum absolute atomic E-state index is 12.2. The molecule has 6 heteroatoms. The number of allylic oxidation sites excluding steroid dienone is 5. The zero-order valence-electron chi connectivity index (χ0n) is 24.4. The summed E-state index contributed by atoms with van der Waals surface area (Å²) in [6.45, 7) is 19.1. The quantitative estimate of drug-likeness (QED) is 0.493. The van der Waals surface area contributed by atoms with E-state index in [1.54, 1.807) is 0 Å². The number of fused-ring (bicyclic) bond motifs is 9. The molecule has 4 aliphatic heterocycles. The van der Waals surface area contributed by atoms with Crippen molar-refractivity contribution in [3.8, 4) is 0 Å². The van der Waals surface area contributed by atoms with Crippen LogP contribution in [0.5, 0.6) is 0 Å². The first-order chi connectivity index (χ1) is 18.9. The van der Waals surface area contributed by atoms with E-state index in [0.29, 0.717) is 12.0 Å². The van der Waals surface area contributed by atoms with Gasteiger partial charge in [0.2, 0.25) is 0 Å². The third-order valence-electron chi connectivity index (χ3n) is 10.4. The van der Waals surface area contributed by atoms with Gasteiger partial charge in [0.1, 0.15) is 0 Å². The molecule has 0 saturated heterocycles. The van der Waals surface area contributed by atoms with E-state index in [1.165, 1.54) is 16.7 Å². The molecule has 0 spiro atoms. The Morgan fingerprint density at radius 1 is 1.10 bits per heavy atom. The predicted octanol–water partition coefficient (Wildman–Crippen LogP) is 5.11. The van der Waals surface area contributed by atoms with E-state index in [0.717, 1.165) is 50.3 Å². The van der Waals surface area contributed by atoms with Crippen LogP contribution in [0.1, 0.15) is 59.1 Å². The van der Waals surface area contributed by atoms with Gasteiger partial charge in [-0.2, -0.15) is 0 Å². The topological polar surface area (TPSA) is 89.8 Å². The summed E-state index contributed by atoms with van der Waals surface area (Å²) < 4.78 is 0. The Labute approximate surface area is 235 Å². The lowest BCUT2D eigenvalue weighted by Crippen LogP contribution is -2.40. The fourth-order valence-electron chi connectivity index (χ4n) is 7.08. The van der Waals surface area contributed by atoms with E-state index in [-0.39, 0.29) is 23.8 Å². The number of hydrogen-bond acceptors (Lipinski definition) is 4. The number of aromatic nitrogens is 1. The molecule has 0 fully saturated rings. The average molecular weight is 535 g/mol. The molecule has 1 aromatic rings. The van der Waals surface area contributed by atoms with Gasteiger partial charge in [0.05, 0.1) is 17.5 Å². The molecule has 6 nitrogen and oxygen atoms in total. The Balaban J connectivity index is 1.65. The third-order valence-corrected chi connectivity index (χ3v) is 10.4. The molecule has 0 saturated carbocycles. The molecule has 1 aliphatic carbocycles. The van der Waals surface area contributed by atoms with Crippen LogP contribution in [-0.4, -0.2) is 33.5 Å². The number of aromatic amines is 1. The van der Waals surface area contributed by atoms with Crippen molar-refractivity contribution >= 4 is 35.6 Å². The van der Waals surface area contributed by atoms with E-state index in [1.807, 2.05) is 19.1 Å². The van der Waals surface area contributed by atoms with Crippen LogP contribution in [0.15, 0.2) is 74.2 Å². The minimum atomic E-state index is -0.844. The highest BCUT2D eigenvalue weighted by atomic mass is 16.4. The number of nitrogens with one attached hydrogen (secondary N) is 2. The highest BCUT2D eigenvalue weighted by Gasteiger charge is 2.52. The summed E-state index contributed by atoms with van der Waals surface area (Å²) in [7, 11) is 0. The summed E-state index contributed by atoms with van der Waals surface area (Å²) in [5.41, 5.74) is 10.8. The molecular formula is C34H38N4O2. The van der Waals surface area contributed by atoms with Crippen molar-refractivity contribution in [2.24, 2.45) is 33.2 Å². The number of H-pyrrole nitrogens is 1. The number of carboxylic acids is 1. The Hall–Kier alpha value is -3.93. The second kappa shape index (κ2) is 9.05. The smallest absolute Gasteiger partial charge is 0.331 e. The molecule has 5 heterocycles. The molecule has 5 atom stereocenters. The highest BCUT2D eigenvalue weighted by Crippen LogP contribution is 2.55. The summed E-state index contributed by atoms with van der Waals surface area (Å²) in [5.74, 6) is -0.683. The summed E-state index contributed by atoms with van der Waals surface area (Å²) in [5, 5.41) is 15.7. The number of aliphatic carboxylic acids is 1. The van der Waals surface area contributed by atoms with Gasteiger partial charge in [-0.15, -0.1) is 0 Å². The molecule has 40 heavy (non-hydrogen) atoms. The van der Waals surface area contributed by atoms with Crippen molar-refractivity contribution in [2.75, 3.05) is 0 Å². The maximum atomic E-state index is 12.2. The zero-order chi connectivity index (χ0) is 28.7. The lowest BCUT2D eigenvalue weighted by molar-refractivity contribution is -0.133. The van der Waals surface area contributed by atoms with E-state index >= 15 is 0 Å². The lowest BCUT2D eigenvalue weighted by Gasteiger charge is -2.41. The van der Waals surface area contributed by atoms with E-state index in [9.17, 15) is 9.90 Å². The van der Waals surface area contributed by atoms with Crippen LogP contribution in [0.2, 0.25) is 0 Å². The van der Waals surface area contributed by atoms with Crippen molar-refractivity contribution in [3.05, 3.63) is 86.0 Å². The number of rotatable bonds is 2. The fourth-order valence-corrected chi connectivity index (χ4v) is 7.08. The molecular weight excluding hydrogens is 496 g/mol. The van der Waals surface area contributed by atoms with Crippen LogP contribution in [0, 0.1) is 30.1 Å². The van der Waals surface area contributed by atoms with Gasteiger partial charge in [-0.25, -0.2) is 9.79 Å². The SMILES string of the molecule is C=Cc1c(C)/c2[nH]/c1=C\C1=NC(=CC3NC(=C(C)C3C)/C=C3N=C(\C=2)C2CC=C(C(=O)O)C(C)C\32C)C(C)=C1C. The van der Waals surface area contributed by atoms with Crippen LogP contribution in [0.3, 0.4) is 0 Å². The van der Waals surface area contributed by atoms with Crippen molar-refractivity contribution in [3.63, 3.8) is 0 Å². The Bertz CT molecular complexity index is 1730. The van der Waals surface area contributed by atoms with Crippen LogP contribution >= 0.6 is 0 Å². The normalized spacial score (nSPS) is 33.8. The van der Waals surface area contributed by atoms with E-state index in [4.69, 9.17) is 9.98 Å². The first-order valence-corrected chi connectivity index (χ1v) is 14.2. The summed E-state index contributed by atoms with van der Waals surface area (Å²) in [6, 6.07) is 0.0990. The van der Waals surface area contributed by atoms with Crippen molar-refractivity contribution in [1.29, 1.82) is 0 Å². The molecule has 0 radical (unpaired) electrons.